The highest BCUT2D eigenvalue weighted by Gasteiger charge is 2.31. The molecule has 0 saturated carbocycles. The Morgan fingerprint density at radius 1 is 1.62 bits per heavy atom. The van der Waals surface area contributed by atoms with Gasteiger partial charge in [0.15, 0.2) is 0 Å². The Labute approximate surface area is 96.5 Å². The number of nitrogens with two attached hydrogens (primary N) is 1. The highest BCUT2D eigenvalue weighted by atomic mass is 16.3. The second kappa shape index (κ2) is 4.18. The highest BCUT2D eigenvalue weighted by molar-refractivity contribution is 5.17. The van der Waals surface area contributed by atoms with Crippen LogP contribution in [-0.4, -0.2) is 26.8 Å². The highest BCUT2D eigenvalue weighted by Crippen LogP contribution is 2.30. The minimum atomic E-state index is -0.602. The molecule has 0 bridgehead atoms. The van der Waals surface area contributed by atoms with Crippen molar-refractivity contribution in [2.45, 2.75) is 45.3 Å². The predicted octanol–water partition coefficient (Wildman–Crippen LogP) is 0.718. The number of aryl methyl sites for hydroxylation is 1. The number of imidazole rings is 1. The van der Waals surface area contributed by atoms with Crippen LogP contribution in [0.1, 0.15) is 31.7 Å². The van der Waals surface area contributed by atoms with Gasteiger partial charge in [-0.2, -0.15) is 0 Å². The van der Waals surface area contributed by atoms with E-state index in [9.17, 15) is 5.11 Å². The van der Waals surface area contributed by atoms with Crippen LogP contribution in [0.5, 0.6) is 0 Å². The number of nitrogens with zero attached hydrogens (tertiary/aromatic N) is 2. The van der Waals surface area contributed by atoms with Gasteiger partial charge in [0, 0.05) is 18.7 Å². The van der Waals surface area contributed by atoms with Crippen LogP contribution in [0.4, 0.5) is 0 Å². The zero-order valence-corrected chi connectivity index (χ0v) is 10.1. The van der Waals surface area contributed by atoms with Crippen molar-refractivity contribution in [1.29, 1.82) is 0 Å². The monoisotopic (exact) mass is 223 g/mol. The molecule has 0 saturated heterocycles. The number of rotatable bonds is 3. The van der Waals surface area contributed by atoms with E-state index in [-0.39, 0.29) is 0 Å². The van der Waals surface area contributed by atoms with E-state index in [0.717, 1.165) is 31.5 Å². The zero-order chi connectivity index (χ0) is 11.8. The Hall–Kier alpha value is -0.870. The molecule has 0 spiro atoms. The lowest BCUT2D eigenvalue weighted by molar-refractivity contribution is 0.00606. The van der Waals surface area contributed by atoms with Crippen molar-refractivity contribution < 1.29 is 5.11 Å². The first-order valence-electron chi connectivity index (χ1n) is 5.97. The van der Waals surface area contributed by atoms with Gasteiger partial charge < -0.3 is 15.4 Å². The second-order valence-electron chi connectivity index (χ2n) is 5.21. The van der Waals surface area contributed by atoms with Gasteiger partial charge in [-0.25, -0.2) is 4.98 Å². The fourth-order valence-electron chi connectivity index (χ4n) is 2.46. The lowest BCUT2D eigenvalue weighted by Crippen LogP contribution is -2.36. The summed E-state index contributed by atoms with van der Waals surface area (Å²) in [7, 11) is 0. The number of aromatic nitrogens is 2. The van der Waals surface area contributed by atoms with E-state index >= 15 is 0 Å². The molecule has 0 aliphatic carbocycles. The van der Waals surface area contributed by atoms with Gasteiger partial charge in [-0.3, -0.25) is 0 Å². The minimum absolute atomic E-state index is 0.327. The third kappa shape index (κ3) is 2.13. The molecule has 0 amide bonds. The molecule has 90 valence electrons. The first kappa shape index (κ1) is 11.6. The Morgan fingerprint density at radius 3 is 3.00 bits per heavy atom. The molecule has 2 heterocycles. The van der Waals surface area contributed by atoms with Crippen molar-refractivity contribution in [1.82, 2.24) is 9.55 Å². The number of fused-ring (bicyclic) bond motifs is 1. The summed E-state index contributed by atoms with van der Waals surface area (Å²) in [5, 5.41) is 10.1. The summed E-state index contributed by atoms with van der Waals surface area (Å²) in [4.78, 5) is 4.41. The Bertz CT molecular complexity index is 365. The zero-order valence-electron chi connectivity index (χ0n) is 10.1. The van der Waals surface area contributed by atoms with Crippen LogP contribution in [0.2, 0.25) is 0 Å². The molecule has 1 aliphatic rings. The molecule has 1 aromatic heterocycles. The molecule has 0 radical (unpaired) electrons. The van der Waals surface area contributed by atoms with Crippen LogP contribution in [0.15, 0.2) is 6.33 Å². The number of hydrogen-bond donors (Lipinski definition) is 2. The average Bonchev–Trinajstić information content (AvgIpc) is 2.60. The SMILES string of the molecule is CC(C)(O)C1CCn2cnc(CCN)c2C1. The van der Waals surface area contributed by atoms with E-state index in [2.05, 4.69) is 9.55 Å². The molecule has 3 N–H and O–H groups in total. The summed E-state index contributed by atoms with van der Waals surface area (Å²) in [6.45, 7) is 5.39. The van der Waals surface area contributed by atoms with Crippen molar-refractivity contribution in [3.63, 3.8) is 0 Å². The van der Waals surface area contributed by atoms with Gasteiger partial charge >= 0.3 is 0 Å². The van der Waals surface area contributed by atoms with E-state index < -0.39 is 5.60 Å². The standard InChI is InChI=1S/C12H21N3O/c1-12(2,16)9-4-6-15-8-14-10(3-5-13)11(15)7-9/h8-9,16H,3-7,13H2,1-2H3. The Balaban J connectivity index is 2.21. The quantitative estimate of drug-likeness (QED) is 0.793. The topological polar surface area (TPSA) is 64.1 Å². The van der Waals surface area contributed by atoms with Crippen molar-refractivity contribution in [2.75, 3.05) is 6.54 Å². The normalized spacial score (nSPS) is 20.9. The molecular weight excluding hydrogens is 202 g/mol. The maximum absolute atomic E-state index is 10.1. The van der Waals surface area contributed by atoms with Crippen molar-refractivity contribution in [2.24, 2.45) is 11.7 Å². The van der Waals surface area contributed by atoms with Crippen LogP contribution in [0.3, 0.4) is 0 Å². The maximum atomic E-state index is 10.1. The summed E-state index contributed by atoms with van der Waals surface area (Å²) in [6.07, 6.45) is 4.68. The molecule has 4 nitrogen and oxygen atoms in total. The van der Waals surface area contributed by atoms with Crippen LogP contribution >= 0.6 is 0 Å². The second-order valence-corrected chi connectivity index (χ2v) is 5.21. The lowest BCUT2D eigenvalue weighted by atomic mass is 9.82. The molecule has 4 heteroatoms. The van der Waals surface area contributed by atoms with Crippen LogP contribution in [0, 0.1) is 5.92 Å². The molecule has 16 heavy (non-hydrogen) atoms. The van der Waals surface area contributed by atoms with Gasteiger partial charge in [0.2, 0.25) is 0 Å². The van der Waals surface area contributed by atoms with Gasteiger partial charge in [0.25, 0.3) is 0 Å². The van der Waals surface area contributed by atoms with Gasteiger partial charge in [0.05, 0.1) is 17.6 Å². The predicted molar refractivity (Wildman–Crippen MR) is 63.1 cm³/mol. The van der Waals surface area contributed by atoms with E-state index in [4.69, 9.17) is 5.73 Å². The first-order valence-corrected chi connectivity index (χ1v) is 5.97. The fraction of sp³-hybridized carbons (Fsp3) is 0.750. The maximum Gasteiger partial charge on any atom is 0.0951 e. The Kier molecular flexibility index (Phi) is 3.04. The smallest absolute Gasteiger partial charge is 0.0951 e. The molecular formula is C12H21N3O. The molecule has 0 fully saturated rings. The van der Waals surface area contributed by atoms with E-state index in [1.807, 2.05) is 20.2 Å². The van der Waals surface area contributed by atoms with E-state index in [1.165, 1.54) is 5.69 Å². The van der Waals surface area contributed by atoms with E-state index in [0.29, 0.717) is 12.5 Å². The molecule has 0 aromatic carbocycles. The van der Waals surface area contributed by atoms with Gasteiger partial charge in [-0.1, -0.05) is 0 Å². The summed E-state index contributed by atoms with van der Waals surface area (Å²) in [5.74, 6) is 0.327. The molecule has 1 atom stereocenters. The van der Waals surface area contributed by atoms with Gasteiger partial charge in [-0.15, -0.1) is 0 Å². The molecule has 1 unspecified atom stereocenters. The summed E-state index contributed by atoms with van der Waals surface area (Å²) in [5.41, 5.74) is 7.35. The molecule has 2 rings (SSSR count). The Morgan fingerprint density at radius 2 is 2.38 bits per heavy atom. The van der Waals surface area contributed by atoms with Crippen LogP contribution < -0.4 is 5.73 Å². The summed E-state index contributed by atoms with van der Waals surface area (Å²) >= 11 is 0. The van der Waals surface area contributed by atoms with E-state index in [1.54, 1.807) is 0 Å². The molecule has 1 aliphatic heterocycles. The van der Waals surface area contributed by atoms with Crippen LogP contribution in [0.25, 0.3) is 0 Å². The van der Waals surface area contributed by atoms with Crippen molar-refractivity contribution in [3.05, 3.63) is 17.7 Å². The summed E-state index contributed by atoms with van der Waals surface area (Å²) in [6, 6.07) is 0. The van der Waals surface area contributed by atoms with Gasteiger partial charge in [-0.05, 0) is 39.2 Å². The van der Waals surface area contributed by atoms with Gasteiger partial charge in [0.1, 0.15) is 0 Å². The van der Waals surface area contributed by atoms with Crippen LogP contribution in [-0.2, 0) is 19.4 Å². The van der Waals surface area contributed by atoms with Crippen molar-refractivity contribution in [3.8, 4) is 0 Å². The third-order valence-electron chi connectivity index (χ3n) is 3.57. The number of aliphatic hydroxyl groups is 1. The summed E-state index contributed by atoms with van der Waals surface area (Å²) < 4.78 is 2.20. The largest absolute Gasteiger partial charge is 0.390 e. The third-order valence-corrected chi connectivity index (χ3v) is 3.57. The average molecular weight is 223 g/mol. The number of hydrogen-bond acceptors (Lipinski definition) is 3. The fourth-order valence-corrected chi connectivity index (χ4v) is 2.46. The molecule has 1 aromatic rings. The first-order chi connectivity index (χ1) is 7.52. The lowest BCUT2D eigenvalue weighted by Gasteiger charge is -2.33. The minimum Gasteiger partial charge on any atom is -0.390 e. The van der Waals surface area contributed by atoms with Crippen molar-refractivity contribution >= 4 is 0 Å².